The molecule has 1 heterocycles. The third kappa shape index (κ3) is 6.27. The number of hydrogen-bond acceptors (Lipinski definition) is 6. The lowest BCUT2D eigenvalue weighted by molar-refractivity contribution is -0.148. The molecule has 4 fully saturated rings. The summed E-state index contributed by atoms with van der Waals surface area (Å²) in [6, 6.07) is -0.227. The second-order valence-corrected chi connectivity index (χ2v) is 12.5. The number of carbonyl (C=O) groups is 2. The van der Waals surface area contributed by atoms with Crippen LogP contribution in [-0.4, -0.2) is 90.2 Å². The van der Waals surface area contributed by atoms with Crippen LogP contribution in [0.15, 0.2) is 0 Å². The second kappa shape index (κ2) is 10.4. The maximum Gasteiger partial charge on any atom is 0.254 e. The summed E-state index contributed by atoms with van der Waals surface area (Å²) in [7, 11) is -3.84. The van der Waals surface area contributed by atoms with Gasteiger partial charge in [0.15, 0.2) is 0 Å². The van der Waals surface area contributed by atoms with Gasteiger partial charge in [-0.1, -0.05) is 12.8 Å². The van der Waals surface area contributed by atoms with E-state index in [1.54, 1.807) is 4.90 Å². The summed E-state index contributed by atoms with van der Waals surface area (Å²) < 4.78 is 39.3. The molecule has 3 N–H and O–H groups in total. The zero-order valence-electron chi connectivity index (χ0n) is 19.7. The van der Waals surface area contributed by atoms with Gasteiger partial charge >= 0.3 is 0 Å². The van der Waals surface area contributed by atoms with Gasteiger partial charge in [0.25, 0.3) is 5.91 Å². The highest BCUT2D eigenvalue weighted by Gasteiger charge is 2.50. The highest BCUT2D eigenvalue weighted by atomic mass is 32.2. The van der Waals surface area contributed by atoms with Crippen molar-refractivity contribution < 1.29 is 32.6 Å². The Bertz CT molecular complexity index is 849. The highest BCUT2D eigenvalue weighted by molar-refractivity contribution is 7.89. The van der Waals surface area contributed by atoms with Crippen LogP contribution in [0.3, 0.4) is 0 Å². The first kappa shape index (κ1) is 25.8. The summed E-state index contributed by atoms with van der Waals surface area (Å²) in [5, 5.41) is 18.8. The number of alkyl halides is 1. The minimum atomic E-state index is -3.84. The molecule has 3 atom stereocenters. The second-order valence-electron chi connectivity index (χ2n) is 10.7. The summed E-state index contributed by atoms with van der Waals surface area (Å²) in [6.45, 7) is 1.97. The van der Waals surface area contributed by atoms with E-state index in [9.17, 15) is 27.5 Å². The molecule has 1 saturated heterocycles. The van der Waals surface area contributed by atoms with Crippen molar-refractivity contribution in [2.45, 2.75) is 82.2 Å². The number of aliphatic hydroxyl groups excluding tert-OH is 1. The van der Waals surface area contributed by atoms with Gasteiger partial charge in [0, 0.05) is 38.1 Å². The molecule has 194 valence electrons. The largest absolute Gasteiger partial charge is 0.380 e. The third-order valence-corrected chi connectivity index (χ3v) is 9.61. The van der Waals surface area contributed by atoms with Gasteiger partial charge in [0.2, 0.25) is 22.3 Å². The minimum absolute atomic E-state index is 0.00458. The maximum absolute atomic E-state index is 13.1. The molecule has 2 amide bonds. The Labute approximate surface area is 201 Å². The van der Waals surface area contributed by atoms with Crippen LogP contribution in [-0.2, 0) is 19.6 Å². The van der Waals surface area contributed by atoms with Gasteiger partial charge in [-0.2, -0.15) is 0 Å². The fourth-order valence-corrected chi connectivity index (χ4v) is 7.28. The van der Waals surface area contributed by atoms with Crippen LogP contribution in [0.5, 0.6) is 0 Å². The number of nitrogens with one attached hydrogen (secondary N) is 1. The molecule has 0 aromatic heterocycles. The van der Waals surface area contributed by atoms with Crippen LogP contribution < -0.4 is 4.72 Å². The molecule has 4 aliphatic rings. The lowest BCUT2D eigenvalue weighted by Gasteiger charge is -2.40. The van der Waals surface area contributed by atoms with E-state index in [1.165, 1.54) is 0 Å². The van der Waals surface area contributed by atoms with Gasteiger partial charge in [-0.15, -0.1) is 0 Å². The van der Waals surface area contributed by atoms with Gasteiger partial charge in [-0.05, 0) is 63.2 Å². The van der Waals surface area contributed by atoms with Crippen LogP contribution in [0.4, 0.5) is 4.39 Å². The van der Waals surface area contributed by atoms with Crippen molar-refractivity contribution in [1.82, 2.24) is 14.5 Å². The number of sulfonamides is 1. The Kier molecular flexibility index (Phi) is 7.86. The lowest BCUT2D eigenvalue weighted by Crippen LogP contribution is -2.54. The van der Waals surface area contributed by atoms with Crippen LogP contribution in [0, 0.1) is 17.8 Å². The van der Waals surface area contributed by atoms with Gasteiger partial charge in [0.05, 0.1) is 0 Å². The average Bonchev–Trinajstić information content (AvgIpc) is 3.56. The van der Waals surface area contributed by atoms with E-state index in [0.717, 1.165) is 44.9 Å². The van der Waals surface area contributed by atoms with E-state index in [2.05, 4.69) is 4.72 Å². The van der Waals surface area contributed by atoms with Crippen molar-refractivity contribution in [3.05, 3.63) is 0 Å². The van der Waals surface area contributed by atoms with E-state index in [0.29, 0.717) is 57.3 Å². The number of carbonyl (C=O) groups excluding carboxylic acids is 2. The number of amides is 2. The summed E-state index contributed by atoms with van der Waals surface area (Å²) in [4.78, 5) is 28.9. The fraction of sp³-hybridized carbons (Fsp3) is 0.913. The van der Waals surface area contributed by atoms with E-state index < -0.39 is 27.7 Å². The molecule has 4 rings (SSSR count). The van der Waals surface area contributed by atoms with Crippen molar-refractivity contribution in [3.63, 3.8) is 0 Å². The molecule has 34 heavy (non-hydrogen) atoms. The van der Waals surface area contributed by atoms with Crippen LogP contribution >= 0.6 is 0 Å². The first-order chi connectivity index (χ1) is 16.1. The Hall–Kier alpha value is -1.30. The molecule has 3 unspecified atom stereocenters. The van der Waals surface area contributed by atoms with Crippen LogP contribution in [0.2, 0.25) is 0 Å². The predicted molar refractivity (Wildman–Crippen MR) is 123 cm³/mol. The van der Waals surface area contributed by atoms with Gasteiger partial charge in [0.1, 0.15) is 11.4 Å². The molecule has 3 saturated carbocycles. The minimum Gasteiger partial charge on any atom is -0.380 e. The van der Waals surface area contributed by atoms with E-state index >= 15 is 0 Å². The molecule has 11 heteroatoms. The molecule has 0 aromatic carbocycles. The molecule has 1 aliphatic heterocycles. The third-order valence-electron chi connectivity index (χ3n) is 8.21. The fourth-order valence-electron chi connectivity index (χ4n) is 6.10. The van der Waals surface area contributed by atoms with Crippen molar-refractivity contribution in [2.75, 3.05) is 31.9 Å². The lowest BCUT2D eigenvalue weighted by atomic mass is 9.70. The quantitative estimate of drug-likeness (QED) is 0.471. The molecule has 0 bridgehead atoms. The summed E-state index contributed by atoms with van der Waals surface area (Å²) in [5.74, 6) is -0.128. The Morgan fingerprint density at radius 3 is 2.18 bits per heavy atom. The number of piperazine rings is 1. The monoisotopic (exact) mass is 503 g/mol. The number of halogens is 1. The van der Waals surface area contributed by atoms with Crippen molar-refractivity contribution >= 4 is 21.8 Å². The molecule has 0 spiro atoms. The number of rotatable bonds is 7. The number of aliphatic hydroxyl groups is 2. The van der Waals surface area contributed by atoms with Crippen molar-refractivity contribution in [3.8, 4) is 0 Å². The topological polar surface area (TPSA) is 127 Å². The van der Waals surface area contributed by atoms with Crippen molar-refractivity contribution in [1.29, 1.82) is 0 Å². The van der Waals surface area contributed by atoms with E-state index in [1.807, 2.05) is 4.90 Å². The molecule has 0 aromatic rings. The Balaban J connectivity index is 1.21. The summed E-state index contributed by atoms with van der Waals surface area (Å²) in [6.07, 6.45) is 5.59. The summed E-state index contributed by atoms with van der Waals surface area (Å²) in [5.41, 5.74) is -1.16. The normalized spacial score (nSPS) is 32.8. The Morgan fingerprint density at radius 2 is 1.59 bits per heavy atom. The predicted octanol–water partition coefficient (Wildman–Crippen LogP) is 0.755. The molecular formula is C23H38FN3O6S. The molecule has 0 radical (unpaired) electrons. The first-order valence-corrected chi connectivity index (χ1v) is 14.3. The molecule has 3 aliphatic carbocycles. The zero-order chi connectivity index (χ0) is 24.5. The zero-order valence-corrected chi connectivity index (χ0v) is 20.5. The van der Waals surface area contributed by atoms with Crippen LogP contribution in [0.1, 0.15) is 64.2 Å². The first-order valence-electron chi connectivity index (χ1n) is 12.7. The smallest absolute Gasteiger partial charge is 0.254 e. The summed E-state index contributed by atoms with van der Waals surface area (Å²) >= 11 is 0. The van der Waals surface area contributed by atoms with Gasteiger partial charge in [-0.25, -0.2) is 17.5 Å². The van der Waals surface area contributed by atoms with Crippen molar-refractivity contribution in [2.24, 2.45) is 17.8 Å². The molecular weight excluding hydrogens is 465 g/mol. The Morgan fingerprint density at radius 1 is 0.971 bits per heavy atom. The average molecular weight is 504 g/mol. The molecule has 9 nitrogen and oxygen atoms in total. The van der Waals surface area contributed by atoms with Crippen LogP contribution in [0.25, 0.3) is 0 Å². The van der Waals surface area contributed by atoms with E-state index in [4.69, 9.17) is 5.11 Å². The van der Waals surface area contributed by atoms with E-state index in [-0.39, 0.29) is 23.8 Å². The standard InChI is InChI=1S/C23H38FN3O6S/c24-20(28)15-34(32,33)25-19-3-1-2-18(14-19)16-4-6-17(7-5-16)21(29)26-10-12-27(13-11-26)22(30)23(31)8-9-23/h16-20,25,28,31H,1-15H2. The maximum atomic E-state index is 13.1. The van der Waals surface area contributed by atoms with Gasteiger partial charge < -0.3 is 20.0 Å². The number of hydrogen-bond donors (Lipinski definition) is 3. The SMILES string of the molecule is O=C(C1CCC(C2CCCC(NS(=O)(=O)CC(O)F)C2)CC1)N1CCN(C(=O)C2(O)CC2)CC1. The van der Waals surface area contributed by atoms with Gasteiger partial charge in [-0.3, -0.25) is 9.59 Å². The highest BCUT2D eigenvalue weighted by Crippen LogP contribution is 2.41. The number of nitrogens with zero attached hydrogens (tertiary/aromatic N) is 2.